The van der Waals surface area contributed by atoms with Crippen LogP contribution < -0.4 is 0 Å². The van der Waals surface area contributed by atoms with E-state index in [2.05, 4.69) is 25.9 Å². The summed E-state index contributed by atoms with van der Waals surface area (Å²) in [6.45, 7) is 6.36. The van der Waals surface area contributed by atoms with Gasteiger partial charge in [0.05, 0.1) is 0 Å². The van der Waals surface area contributed by atoms with Crippen molar-refractivity contribution in [3.05, 3.63) is 29.2 Å². The summed E-state index contributed by atoms with van der Waals surface area (Å²) >= 11 is 0. The van der Waals surface area contributed by atoms with Gasteiger partial charge in [0.2, 0.25) is 0 Å². The first-order valence-electron chi connectivity index (χ1n) is 7.07. The van der Waals surface area contributed by atoms with Gasteiger partial charge in [-0.15, -0.1) is 0 Å². The molecule has 0 amide bonds. The Morgan fingerprint density at radius 3 is 2.74 bits per heavy atom. The van der Waals surface area contributed by atoms with E-state index in [1.807, 2.05) is 16.9 Å². The number of rotatable bonds is 2. The maximum Gasteiger partial charge on any atom is 0.178 e. The van der Waals surface area contributed by atoms with Gasteiger partial charge in [-0.05, 0) is 58.1 Å². The zero-order chi connectivity index (χ0) is 13.4. The number of aryl methyl sites for hydroxylation is 2. The highest BCUT2D eigenvalue weighted by atomic mass is 15.3. The van der Waals surface area contributed by atoms with Crippen LogP contribution in [0, 0.1) is 6.92 Å². The summed E-state index contributed by atoms with van der Waals surface area (Å²) in [5.41, 5.74) is 4.76. The van der Waals surface area contributed by atoms with Gasteiger partial charge in [-0.3, -0.25) is 4.68 Å². The van der Waals surface area contributed by atoms with Crippen molar-refractivity contribution >= 4 is 0 Å². The summed E-state index contributed by atoms with van der Waals surface area (Å²) in [7, 11) is 0. The van der Waals surface area contributed by atoms with E-state index in [1.165, 1.54) is 24.1 Å². The molecule has 2 aromatic heterocycles. The molecule has 0 fully saturated rings. The number of hydrogen-bond acceptors (Lipinski definition) is 3. The summed E-state index contributed by atoms with van der Waals surface area (Å²) in [4.78, 5) is 9.49. The molecular weight excluding hydrogens is 236 g/mol. The maximum atomic E-state index is 4.79. The highest BCUT2D eigenvalue weighted by Crippen LogP contribution is 2.25. The van der Waals surface area contributed by atoms with E-state index in [9.17, 15) is 0 Å². The molecule has 0 spiro atoms. The number of fused-ring (bicyclic) bond motifs is 1. The lowest BCUT2D eigenvalue weighted by molar-refractivity contribution is 0.536. The molecule has 0 unspecified atom stereocenters. The lowest BCUT2D eigenvalue weighted by Gasteiger charge is -2.18. The molecule has 0 saturated heterocycles. The van der Waals surface area contributed by atoms with Crippen LogP contribution in [0.15, 0.2) is 12.3 Å². The van der Waals surface area contributed by atoms with Crippen molar-refractivity contribution in [2.75, 3.05) is 0 Å². The monoisotopic (exact) mass is 256 g/mol. The van der Waals surface area contributed by atoms with Crippen molar-refractivity contribution in [2.24, 2.45) is 0 Å². The minimum absolute atomic E-state index is 0.324. The van der Waals surface area contributed by atoms with Crippen molar-refractivity contribution in [2.45, 2.75) is 52.5 Å². The van der Waals surface area contributed by atoms with Gasteiger partial charge in [0.25, 0.3) is 0 Å². The topological polar surface area (TPSA) is 43.6 Å². The van der Waals surface area contributed by atoms with E-state index in [0.29, 0.717) is 6.04 Å². The summed E-state index contributed by atoms with van der Waals surface area (Å²) in [6, 6.07) is 2.33. The van der Waals surface area contributed by atoms with Crippen molar-refractivity contribution in [3.63, 3.8) is 0 Å². The fourth-order valence-corrected chi connectivity index (χ4v) is 2.80. The molecule has 0 aliphatic heterocycles. The number of hydrogen-bond donors (Lipinski definition) is 0. The minimum atomic E-state index is 0.324. The van der Waals surface area contributed by atoms with Crippen LogP contribution in [-0.2, 0) is 12.8 Å². The molecule has 100 valence electrons. The molecule has 0 saturated carbocycles. The molecule has 0 radical (unpaired) electrons. The van der Waals surface area contributed by atoms with Gasteiger partial charge >= 0.3 is 0 Å². The molecule has 4 heteroatoms. The Morgan fingerprint density at radius 2 is 1.95 bits per heavy atom. The van der Waals surface area contributed by atoms with Gasteiger partial charge in [0, 0.05) is 23.6 Å². The van der Waals surface area contributed by atoms with Gasteiger partial charge in [-0.1, -0.05) is 0 Å². The molecular formula is C15H20N4. The average molecular weight is 256 g/mol. The second-order valence-corrected chi connectivity index (χ2v) is 5.52. The molecule has 1 aliphatic carbocycles. The average Bonchev–Trinajstić information content (AvgIpc) is 2.88. The van der Waals surface area contributed by atoms with E-state index in [-0.39, 0.29) is 0 Å². The molecule has 19 heavy (non-hydrogen) atoms. The van der Waals surface area contributed by atoms with Crippen LogP contribution in [0.2, 0.25) is 0 Å². The highest BCUT2D eigenvalue weighted by Gasteiger charge is 2.18. The number of nitrogens with zero attached hydrogens (tertiary/aromatic N) is 4. The van der Waals surface area contributed by atoms with Crippen molar-refractivity contribution in [1.29, 1.82) is 0 Å². The second kappa shape index (κ2) is 4.76. The smallest absolute Gasteiger partial charge is 0.178 e. The molecule has 2 aromatic rings. The number of aromatic nitrogens is 4. The first kappa shape index (κ1) is 12.3. The molecule has 0 N–H and O–H groups in total. The maximum absolute atomic E-state index is 4.79. The Bertz CT molecular complexity index is 598. The molecule has 2 heterocycles. The van der Waals surface area contributed by atoms with Gasteiger partial charge in [-0.2, -0.15) is 5.10 Å². The zero-order valence-electron chi connectivity index (χ0n) is 11.8. The SMILES string of the molecule is Cc1nc(-c2ccnn2C(C)C)nc2c1CCCC2. The first-order valence-corrected chi connectivity index (χ1v) is 7.07. The third kappa shape index (κ3) is 2.15. The Hall–Kier alpha value is -1.71. The van der Waals surface area contributed by atoms with E-state index < -0.39 is 0 Å². The van der Waals surface area contributed by atoms with Gasteiger partial charge in [-0.25, -0.2) is 9.97 Å². The van der Waals surface area contributed by atoms with Crippen molar-refractivity contribution in [3.8, 4) is 11.5 Å². The van der Waals surface area contributed by atoms with E-state index in [0.717, 1.165) is 30.1 Å². The lowest BCUT2D eigenvalue weighted by atomic mass is 9.95. The normalized spacial score (nSPS) is 14.7. The quantitative estimate of drug-likeness (QED) is 0.829. The van der Waals surface area contributed by atoms with Crippen LogP contribution >= 0.6 is 0 Å². The fraction of sp³-hybridized carbons (Fsp3) is 0.533. The Kier molecular flexibility index (Phi) is 3.09. The largest absolute Gasteiger partial charge is 0.259 e. The molecule has 0 atom stereocenters. The van der Waals surface area contributed by atoms with Gasteiger partial charge in [0.1, 0.15) is 5.69 Å². The van der Waals surface area contributed by atoms with Gasteiger partial charge in [0.15, 0.2) is 5.82 Å². The highest BCUT2D eigenvalue weighted by molar-refractivity contribution is 5.51. The predicted molar refractivity (Wildman–Crippen MR) is 75.0 cm³/mol. The van der Waals surface area contributed by atoms with E-state index in [1.54, 1.807) is 0 Å². The molecule has 3 rings (SSSR count). The predicted octanol–water partition coefficient (Wildman–Crippen LogP) is 3.11. The fourth-order valence-electron chi connectivity index (χ4n) is 2.80. The van der Waals surface area contributed by atoms with Crippen LogP contribution in [0.3, 0.4) is 0 Å². The molecule has 0 bridgehead atoms. The summed E-state index contributed by atoms with van der Waals surface area (Å²) in [5, 5.41) is 4.37. The van der Waals surface area contributed by atoms with E-state index >= 15 is 0 Å². The van der Waals surface area contributed by atoms with Crippen molar-refractivity contribution in [1.82, 2.24) is 19.7 Å². The Balaban J connectivity index is 2.10. The minimum Gasteiger partial charge on any atom is -0.259 e. The Labute approximate surface area is 113 Å². The zero-order valence-corrected chi connectivity index (χ0v) is 11.8. The van der Waals surface area contributed by atoms with E-state index in [4.69, 9.17) is 9.97 Å². The standard InChI is InChI=1S/C15H20N4/c1-10(2)19-14(8-9-16-19)15-17-11(3)12-6-4-5-7-13(12)18-15/h8-10H,4-7H2,1-3H3. The van der Waals surface area contributed by atoms with Crippen LogP contribution in [-0.4, -0.2) is 19.7 Å². The molecule has 0 aromatic carbocycles. The van der Waals surface area contributed by atoms with Crippen LogP contribution in [0.1, 0.15) is 49.7 Å². The van der Waals surface area contributed by atoms with Gasteiger partial charge < -0.3 is 0 Å². The summed E-state index contributed by atoms with van der Waals surface area (Å²) in [5.74, 6) is 0.823. The van der Waals surface area contributed by atoms with Crippen LogP contribution in [0.4, 0.5) is 0 Å². The third-order valence-corrected chi connectivity index (χ3v) is 3.78. The summed E-state index contributed by atoms with van der Waals surface area (Å²) in [6.07, 6.45) is 6.55. The van der Waals surface area contributed by atoms with Crippen LogP contribution in [0.5, 0.6) is 0 Å². The van der Waals surface area contributed by atoms with Crippen molar-refractivity contribution < 1.29 is 0 Å². The second-order valence-electron chi connectivity index (χ2n) is 5.52. The first-order chi connectivity index (χ1) is 9.16. The van der Waals surface area contributed by atoms with Crippen LogP contribution in [0.25, 0.3) is 11.5 Å². The molecule has 4 nitrogen and oxygen atoms in total. The third-order valence-electron chi connectivity index (χ3n) is 3.78. The molecule has 1 aliphatic rings. The summed E-state index contributed by atoms with van der Waals surface area (Å²) < 4.78 is 1.99. The lowest BCUT2D eigenvalue weighted by Crippen LogP contribution is -2.12. The Morgan fingerprint density at radius 1 is 1.16 bits per heavy atom.